The third kappa shape index (κ3) is 10.5. The molecular weight excluding hydrogens is 252 g/mol. The van der Waals surface area contributed by atoms with E-state index in [1.165, 1.54) is 0 Å². The highest BCUT2D eigenvalue weighted by Crippen LogP contribution is 2.07. The molecule has 0 aliphatic rings. The van der Waals surface area contributed by atoms with Crippen LogP contribution in [-0.2, 0) is 14.3 Å². The molecule has 0 N–H and O–H groups in total. The van der Waals surface area contributed by atoms with E-state index in [4.69, 9.17) is 9.47 Å². The Kier molecular flexibility index (Phi) is 11.7. The smallest absolute Gasteiger partial charge is 0.177 e. The van der Waals surface area contributed by atoms with Crippen LogP contribution < -0.4 is 0 Å². The summed E-state index contributed by atoms with van der Waals surface area (Å²) in [5.74, 6) is 0.101. The zero-order valence-corrected chi connectivity index (χ0v) is 12.8. The van der Waals surface area contributed by atoms with Gasteiger partial charge in [0, 0.05) is 19.6 Å². The molecule has 0 aliphatic carbocycles. The van der Waals surface area contributed by atoms with Crippen LogP contribution in [0.2, 0.25) is 0 Å². The zero-order chi connectivity index (χ0) is 15.2. The Morgan fingerprint density at radius 1 is 1.10 bits per heavy atom. The highest BCUT2D eigenvalue weighted by Gasteiger charge is 2.03. The van der Waals surface area contributed by atoms with E-state index < -0.39 is 0 Å². The first kappa shape index (κ1) is 18.6. The zero-order valence-electron chi connectivity index (χ0n) is 12.8. The Morgan fingerprint density at radius 3 is 2.30 bits per heavy atom. The molecule has 0 saturated heterocycles. The van der Waals surface area contributed by atoms with Gasteiger partial charge in [0.05, 0.1) is 0 Å². The molecule has 0 unspecified atom stereocenters. The number of carbonyl (C=O) groups is 1. The number of carbonyl (C=O) groups excluding carboxylic acids is 1. The summed E-state index contributed by atoms with van der Waals surface area (Å²) in [6, 6.07) is 0. The lowest BCUT2D eigenvalue weighted by atomic mass is 10.1. The molecule has 0 heterocycles. The summed E-state index contributed by atoms with van der Waals surface area (Å²) in [5, 5.41) is 0. The Bertz CT molecular complexity index is 358. The van der Waals surface area contributed by atoms with E-state index in [-0.39, 0.29) is 12.1 Å². The molecular formula is C17H26O3. The molecule has 3 nitrogen and oxygen atoms in total. The van der Waals surface area contributed by atoms with E-state index in [1.54, 1.807) is 12.2 Å². The van der Waals surface area contributed by atoms with E-state index >= 15 is 0 Å². The SMILES string of the molecule is C=C(/C=C/C(OCC)OCC)CCC(=O)/C=C/C=C/C. The van der Waals surface area contributed by atoms with Gasteiger partial charge in [-0.3, -0.25) is 4.79 Å². The van der Waals surface area contributed by atoms with Gasteiger partial charge in [0.2, 0.25) is 0 Å². The van der Waals surface area contributed by atoms with Crippen molar-refractivity contribution >= 4 is 5.78 Å². The summed E-state index contributed by atoms with van der Waals surface area (Å²) in [4.78, 5) is 11.5. The van der Waals surface area contributed by atoms with Gasteiger partial charge in [-0.1, -0.05) is 36.5 Å². The lowest BCUT2D eigenvalue weighted by Gasteiger charge is -2.12. The number of ketones is 1. The minimum Gasteiger partial charge on any atom is -0.349 e. The van der Waals surface area contributed by atoms with Gasteiger partial charge in [-0.15, -0.1) is 0 Å². The molecule has 0 aromatic carbocycles. The molecule has 0 rings (SSSR count). The first-order valence-electron chi connectivity index (χ1n) is 7.05. The fourth-order valence-corrected chi connectivity index (χ4v) is 1.43. The summed E-state index contributed by atoms with van der Waals surface area (Å²) in [6.45, 7) is 10.9. The van der Waals surface area contributed by atoms with E-state index in [0.29, 0.717) is 26.1 Å². The molecule has 0 aromatic heterocycles. The maximum absolute atomic E-state index is 11.5. The fraction of sp³-hybridized carbons (Fsp3) is 0.471. The van der Waals surface area contributed by atoms with Crippen molar-refractivity contribution in [3.63, 3.8) is 0 Å². The lowest BCUT2D eigenvalue weighted by Crippen LogP contribution is -2.14. The summed E-state index contributed by atoms with van der Waals surface area (Å²) < 4.78 is 10.8. The largest absolute Gasteiger partial charge is 0.349 e. The van der Waals surface area contributed by atoms with Gasteiger partial charge < -0.3 is 9.47 Å². The molecule has 112 valence electrons. The van der Waals surface area contributed by atoms with Crippen molar-refractivity contribution in [1.82, 2.24) is 0 Å². The monoisotopic (exact) mass is 278 g/mol. The van der Waals surface area contributed by atoms with Gasteiger partial charge in [0.1, 0.15) is 0 Å². The molecule has 0 saturated carbocycles. The number of rotatable bonds is 11. The number of allylic oxidation sites excluding steroid dienone is 6. The number of hydrogen-bond donors (Lipinski definition) is 0. The second kappa shape index (κ2) is 12.6. The van der Waals surface area contributed by atoms with Crippen LogP contribution in [0.5, 0.6) is 0 Å². The van der Waals surface area contributed by atoms with Crippen molar-refractivity contribution in [2.45, 2.75) is 39.9 Å². The lowest BCUT2D eigenvalue weighted by molar-refractivity contribution is -0.114. The molecule has 0 radical (unpaired) electrons. The molecule has 0 spiro atoms. The van der Waals surface area contributed by atoms with Crippen LogP contribution in [-0.4, -0.2) is 25.3 Å². The second-order valence-electron chi connectivity index (χ2n) is 4.15. The number of hydrogen-bond acceptors (Lipinski definition) is 3. The minimum atomic E-state index is -0.341. The van der Waals surface area contributed by atoms with E-state index in [9.17, 15) is 4.79 Å². The summed E-state index contributed by atoms with van der Waals surface area (Å²) >= 11 is 0. The van der Waals surface area contributed by atoms with Crippen LogP contribution in [0.4, 0.5) is 0 Å². The van der Waals surface area contributed by atoms with Gasteiger partial charge in [-0.2, -0.15) is 0 Å². The molecule has 0 amide bonds. The van der Waals surface area contributed by atoms with E-state index in [1.807, 2.05) is 45.1 Å². The average molecular weight is 278 g/mol. The average Bonchev–Trinajstić information content (AvgIpc) is 2.43. The quantitative estimate of drug-likeness (QED) is 0.326. The standard InChI is InChI=1S/C17H26O3/c1-5-8-9-10-16(18)13-11-15(4)12-14-17(19-6-2)20-7-3/h5,8-10,12,14,17H,4,6-7,11,13H2,1-3H3/b8-5+,10-9+,14-12+. The molecule has 20 heavy (non-hydrogen) atoms. The Labute approximate surface area is 122 Å². The van der Waals surface area contributed by atoms with Crippen molar-refractivity contribution in [2.24, 2.45) is 0 Å². The fourth-order valence-electron chi connectivity index (χ4n) is 1.43. The van der Waals surface area contributed by atoms with Crippen LogP contribution in [0, 0.1) is 0 Å². The first-order valence-corrected chi connectivity index (χ1v) is 7.05. The van der Waals surface area contributed by atoms with Crippen LogP contribution in [0.1, 0.15) is 33.6 Å². The number of ether oxygens (including phenoxy) is 2. The molecule has 0 bridgehead atoms. The Balaban J connectivity index is 4.11. The predicted molar refractivity (Wildman–Crippen MR) is 83.5 cm³/mol. The first-order chi connectivity index (χ1) is 9.63. The topological polar surface area (TPSA) is 35.5 Å². The summed E-state index contributed by atoms with van der Waals surface area (Å²) in [6.07, 6.45) is 11.5. The van der Waals surface area contributed by atoms with Crippen molar-refractivity contribution in [3.05, 3.63) is 48.6 Å². The maximum Gasteiger partial charge on any atom is 0.177 e. The van der Waals surface area contributed by atoms with Gasteiger partial charge >= 0.3 is 0 Å². The minimum absolute atomic E-state index is 0.101. The van der Waals surface area contributed by atoms with Crippen molar-refractivity contribution in [1.29, 1.82) is 0 Å². The normalized spacial score (nSPS) is 12.2. The van der Waals surface area contributed by atoms with Gasteiger partial charge in [0.15, 0.2) is 12.1 Å². The maximum atomic E-state index is 11.5. The van der Waals surface area contributed by atoms with Crippen molar-refractivity contribution in [3.8, 4) is 0 Å². The van der Waals surface area contributed by atoms with E-state index in [2.05, 4.69) is 6.58 Å². The summed E-state index contributed by atoms with van der Waals surface area (Å²) in [7, 11) is 0. The Hall–Kier alpha value is -1.45. The van der Waals surface area contributed by atoms with Crippen LogP contribution in [0.3, 0.4) is 0 Å². The summed E-state index contributed by atoms with van der Waals surface area (Å²) in [5.41, 5.74) is 0.891. The van der Waals surface area contributed by atoms with Gasteiger partial charge in [0.25, 0.3) is 0 Å². The Morgan fingerprint density at radius 2 is 1.75 bits per heavy atom. The highest BCUT2D eigenvalue weighted by atomic mass is 16.7. The van der Waals surface area contributed by atoms with E-state index in [0.717, 1.165) is 5.57 Å². The molecule has 3 heteroatoms. The second-order valence-corrected chi connectivity index (χ2v) is 4.15. The highest BCUT2D eigenvalue weighted by molar-refractivity contribution is 5.90. The molecule has 0 atom stereocenters. The van der Waals surface area contributed by atoms with Crippen molar-refractivity contribution in [2.75, 3.05) is 13.2 Å². The van der Waals surface area contributed by atoms with Gasteiger partial charge in [-0.25, -0.2) is 0 Å². The van der Waals surface area contributed by atoms with Crippen molar-refractivity contribution < 1.29 is 14.3 Å². The van der Waals surface area contributed by atoms with Crippen LogP contribution >= 0.6 is 0 Å². The van der Waals surface area contributed by atoms with Crippen LogP contribution in [0.25, 0.3) is 0 Å². The third-order valence-electron chi connectivity index (χ3n) is 2.43. The molecule has 0 aliphatic heterocycles. The predicted octanol–water partition coefficient (Wildman–Crippen LogP) is 3.98. The van der Waals surface area contributed by atoms with Crippen LogP contribution in [0.15, 0.2) is 48.6 Å². The third-order valence-corrected chi connectivity index (χ3v) is 2.43. The molecule has 0 fully saturated rings. The van der Waals surface area contributed by atoms with Gasteiger partial charge in [-0.05, 0) is 39.3 Å². The molecule has 0 aromatic rings.